The fraction of sp³-hybridized carbons (Fsp3) is 0.588. The minimum absolute atomic E-state index is 0. The molecule has 7 heteroatoms. The van der Waals surface area contributed by atoms with Crippen LogP contribution in [0.5, 0.6) is 0 Å². The molecule has 0 aliphatic carbocycles. The van der Waals surface area contributed by atoms with Crippen LogP contribution in [0.15, 0.2) is 24.3 Å². The Labute approximate surface area is 151 Å². The monoisotopic (exact) mass is 376 g/mol. The van der Waals surface area contributed by atoms with Gasteiger partial charge in [0.25, 0.3) is 0 Å². The molecule has 0 radical (unpaired) electrons. The molecule has 0 saturated carbocycles. The molecule has 24 heavy (non-hydrogen) atoms. The van der Waals surface area contributed by atoms with Crippen LogP contribution in [0.3, 0.4) is 0 Å². The van der Waals surface area contributed by atoms with Crippen LogP contribution in [0, 0.1) is 0 Å². The zero-order valence-electron chi connectivity index (χ0n) is 14.5. The number of nitrogens with one attached hydrogen (secondary N) is 1. The molecular formula is C17H29ClN2O3S. The fourth-order valence-corrected chi connectivity index (χ4v) is 3.12. The van der Waals surface area contributed by atoms with Crippen LogP contribution in [-0.4, -0.2) is 26.1 Å². The summed E-state index contributed by atoms with van der Waals surface area (Å²) in [4.78, 5) is 11.9. The zero-order chi connectivity index (χ0) is 17.3. The van der Waals surface area contributed by atoms with Gasteiger partial charge in [-0.15, -0.1) is 12.4 Å². The maximum Gasteiger partial charge on any atom is 0.224 e. The summed E-state index contributed by atoms with van der Waals surface area (Å²) in [5, 5.41) is 2.42. The van der Waals surface area contributed by atoms with E-state index in [0.29, 0.717) is 24.2 Å². The molecule has 0 aliphatic heterocycles. The van der Waals surface area contributed by atoms with Crippen molar-refractivity contribution < 1.29 is 13.2 Å². The van der Waals surface area contributed by atoms with Gasteiger partial charge >= 0.3 is 0 Å². The van der Waals surface area contributed by atoms with E-state index < -0.39 is 15.1 Å². The lowest BCUT2D eigenvalue weighted by Crippen LogP contribution is -2.16. The second kappa shape index (κ2) is 11.4. The lowest BCUT2D eigenvalue weighted by Gasteiger charge is -2.10. The molecule has 0 atom stereocenters. The van der Waals surface area contributed by atoms with E-state index in [4.69, 9.17) is 5.73 Å². The Bertz CT molecular complexity index is 604. The molecule has 0 aromatic heterocycles. The highest BCUT2D eigenvalue weighted by Gasteiger charge is 2.17. The second-order valence-corrected chi connectivity index (χ2v) is 8.61. The molecule has 1 amide bonds. The minimum Gasteiger partial charge on any atom is -0.330 e. The number of halogens is 1. The van der Waals surface area contributed by atoms with Gasteiger partial charge in [-0.3, -0.25) is 4.79 Å². The largest absolute Gasteiger partial charge is 0.330 e. The first-order valence-corrected chi connectivity index (χ1v) is 9.87. The summed E-state index contributed by atoms with van der Waals surface area (Å²) in [6.45, 7) is 4.04. The number of anilines is 1. The first-order valence-electron chi connectivity index (χ1n) is 8.15. The molecule has 0 bridgehead atoms. The highest BCUT2D eigenvalue weighted by molar-refractivity contribution is 7.91. The van der Waals surface area contributed by atoms with Crippen LogP contribution in [0.2, 0.25) is 0 Å². The second-order valence-electron chi connectivity index (χ2n) is 6.06. The van der Waals surface area contributed by atoms with Gasteiger partial charge in [-0.05, 0) is 50.9 Å². The van der Waals surface area contributed by atoms with Crippen molar-refractivity contribution in [2.45, 2.75) is 57.0 Å². The van der Waals surface area contributed by atoms with Gasteiger partial charge in [-0.25, -0.2) is 8.42 Å². The predicted octanol–water partition coefficient (Wildman–Crippen LogP) is 3.28. The van der Waals surface area contributed by atoms with Gasteiger partial charge in [0.1, 0.15) is 0 Å². The highest BCUT2D eigenvalue weighted by atomic mass is 35.5. The van der Waals surface area contributed by atoms with Crippen molar-refractivity contribution >= 4 is 33.8 Å². The van der Waals surface area contributed by atoms with Crippen molar-refractivity contribution in [3.63, 3.8) is 0 Å². The third-order valence-corrected chi connectivity index (χ3v) is 5.83. The number of amides is 1. The van der Waals surface area contributed by atoms with E-state index in [1.54, 1.807) is 38.1 Å². The summed E-state index contributed by atoms with van der Waals surface area (Å²) in [7, 11) is -3.14. The molecule has 138 valence electrons. The summed E-state index contributed by atoms with van der Waals surface area (Å²) in [5.41, 5.74) is 6.77. The Morgan fingerprint density at radius 3 is 2.46 bits per heavy atom. The van der Waals surface area contributed by atoms with Gasteiger partial charge in [0.05, 0.1) is 11.0 Å². The SMILES string of the molecule is CC(C)S(=O)(=O)Cc1cccc(NC(=O)CCCCCCN)c1.Cl. The van der Waals surface area contributed by atoms with Crippen molar-refractivity contribution in [2.75, 3.05) is 11.9 Å². The van der Waals surface area contributed by atoms with Crippen LogP contribution in [-0.2, 0) is 20.4 Å². The predicted molar refractivity (Wildman–Crippen MR) is 102 cm³/mol. The van der Waals surface area contributed by atoms with E-state index in [-0.39, 0.29) is 24.1 Å². The van der Waals surface area contributed by atoms with Crippen LogP contribution in [0.25, 0.3) is 0 Å². The Morgan fingerprint density at radius 1 is 1.17 bits per heavy atom. The number of carbonyl (C=O) groups is 1. The Morgan fingerprint density at radius 2 is 1.83 bits per heavy atom. The summed E-state index contributed by atoms with van der Waals surface area (Å²) in [5.74, 6) is -0.0467. The van der Waals surface area contributed by atoms with Crippen LogP contribution in [0.1, 0.15) is 51.5 Å². The first-order chi connectivity index (χ1) is 10.8. The molecule has 1 aromatic carbocycles. The van der Waals surface area contributed by atoms with Crippen LogP contribution >= 0.6 is 12.4 Å². The molecule has 0 aliphatic rings. The van der Waals surface area contributed by atoms with Crippen molar-refractivity contribution in [3.8, 4) is 0 Å². The minimum atomic E-state index is -3.14. The smallest absolute Gasteiger partial charge is 0.224 e. The van der Waals surface area contributed by atoms with Gasteiger partial charge in [0.15, 0.2) is 9.84 Å². The van der Waals surface area contributed by atoms with E-state index in [0.717, 1.165) is 25.7 Å². The highest BCUT2D eigenvalue weighted by Crippen LogP contribution is 2.16. The van der Waals surface area contributed by atoms with Crippen molar-refractivity contribution in [1.29, 1.82) is 0 Å². The van der Waals surface area contributed by atoms with Crippen LogP contribution in [0.4, 0.5) is 5.69 Å². The third kappa shape index (κ3) is 8.66. The van der Waals surface area contributed by atoms with Crippen molar-refractivity contribution in [3.05, 3.63) is 29.8 Å². The number of carbonyl (C=O) groups excluding carboxylic acids is 1. The summed E-state index contributed by atoms with van der Waals surface area (Å²) >= 11 is 0. The Balaban J connectivity index is 0.00000529. The number of sulfone groups is 1. The molecule has 0 saturated heterocycles. The molecule has 0 unspecified atom stereocenters. The standard InChI is InChI=1S/C17H28N2O3S.ClH/c1-14(2)23(21,22)13-15-8-7-9-16(12-15)19-17(20)10-5-3-4-6-11-18;/h7-9,12,14H,3-6,10-11,13,18H2,1-2H3,(H,19,20);1H. The van der Waals surface area contributed by atoms with Crippen LogP contribution < -0.4 is 11.1 Å². The van der Waals surface area contributed by atoms with Gasteiger partial charge in [-0.1, -0.05) is 25.0 Å². The molecule has 0 heterocycles. The maximum atomic E-state index is 12.0. The summed E-state index contributed by atoms with van der Waals surface area (Å²) in [6.07, 6.45) is 4.35. The number of hydrogen-bond donors (Lipinski definition) is 2. The average Bonchev–Trinajstić information content (AvgIpc) is 2.46. The van der Waals surface area contributed by atoms with Crippen molar-refractivity contribution in [1.82, 2.24) is 0 Å². The molecular weight excluding hydrogens is 348 g/mol. The van der Waals surface area contributed by atoms with E-state index in [2.05, 4.69) is 5.32 Å². The Hall–Kier alpha value is -1.11. The van der Waals surface area contributed by atoms with Gasteiger partial charge < -0.3 is 11.1 Å². The number of unbranched alkanes of at least 4 members (excludes halogenated alkanes) is 3. The first kappa shape index (κ1) is 22.9. The molecule has 0 fully saturated rings. The van der Waals surface area contributed by atoms with Gasteiger partial charge in [0, 0.05) is 12.1 Å². The number of rotatable bonds is 10. The van der Waals surface area contributed by atoms with E-state index in [9.17, 15) is 13.2 Å². The lowest BCUT2D eigenvalue weighted by molar-refractivity contribution is -0.116. The number of hydrogen-bond acceptors (Lipinski definition) is 4. The molecule has 1 aromatic rings. The number of benzene rings is 1. The maximum absolute atomic E-state index is 12.0. The molecule has 0 spiro atoms. The quantitative estimate of drug-likeness (QED) is 0.613. The average molecular weight is 377 g/mol. The third-order valence-electron chi connectivity index (χ3n) is 3.65. The topological polar surface area (TPSA) is 89.3 Å². The molecule has 5 nitrogen and oxygen atoms in total. The normalized spacial score (nSPS) is 11.2. The summed E-state index contributed by atoms with van der Waals surface area (Å²) in [6, 6.07) is 7.04. The number of nitrogens with two attached hydrogens (primary N) is 1. The molecule has 3 N–H and O–H groups in total. The Kier molecular flexibility index (Phi) is 10.9. The van der Waals surface area contributed by atoms with E-state index in [1.807, 2.05) is 0 Å². The van der Waals surface area contributed by atoms with Crippen molar-refractivity contribution in [2.24, 2.45) is 5.73 Å². The zero-order valence-corrected chi connectivity index (χ0v) is 16.1. The summed E-state index contributed by atoms with van der Waals surface area (Å²) < 4.78 is 23.9. The van der Waals surface area contributed by atoms with E-state index >= 15 is 0 Å². The fourth-order valence-electron chi connectivity index (χ4n) is 2.14. The van der Waals surface area contributed by atoms with Gasteiger partial charge in [-0.2, -0.15) is 0 Å². The molecule has 1 rings (SSSR count). The van der Waals surface area contributed by atoms with E-state index in [1.165, 1.54) is 0 Å². The lowest BCUT2D eigenvalue weighted by atomic mass is 10.1. The van der Waals surface area contributed by atoms with Gasteiger partial charge in [0.2, 0.25) is 5.91 Å².